The van der Waals surface area contributed by atoms with Gasteiger partial charge in [-0.05, 0) is 55.9 Å². The molecule has 1 heterocycles. The lowest BCUT2D eigenvalue weighted by Gasteiger charge is -2.23. The average Bonchev–Trinajstić information content (AvgIpc) is 3.07. The summed E-state index contributed by atoms with van der Waals surface area (Å²) in [5, 5.41) is 5.00. The second kappa shape index (κ2) is 9.69. The quantitative estimate of drug-likeness (QED) is 0.335. The predicted molar refractivity (Wildman–Crippen MR) is 120 cm³/mol. The van der Waals surface area contributed by atoms with Crippen LogP contribution in [0.4, 0.5) is 0 Å². The van der Waals surface area contributed by atoms with Crippen LogP contribution in [0.1, 0.15) is 19.4 Å². The Morgan fingerprint density at radius 1 is 1.25 bits per heavy atom. The van der Waals surface area contributed by atoms with Gasteiger partial charge in [-0.1, -0.05) is 65.0 Å². The Kier molecular flexibility index (Phi) is 7.29. The van der Waals surface area contributed by atoms with Crippen molar-refractivity contribution in [3.8, 4) is 5.69 Å². The number of halogens is 1. The summed E-state index contributed by atoms with van der Waals surface area (Å²) in [4.78, 5) is 14.8. The summed E-state index contributed by atoms with van der Waals surface area (Å²) >= 11 is 14.2. The van der Waals surface area contributed by atoms with Gasteiger partial charge in [0.2, 0.25) is 5.91 Å². The maximum atomic E-state index is 12.9. The SMILES string of the molecule is CCN(Cc1ccccc1)C(=O)C(C)Sc1nn(-c2ccc(Cl)cc2)c(=S)s1. The van der Waals surface area contributed by atoms with E-state index >= 15 is 0 Å². The molecule has 0 bridgehead atoms. The highest BCUT2D eigenvalue weighted by molar-refractivity contribution is 8.02. The van der Waals surface area contributed by atoms with Gasteiger partial charge in [-0.25, -0.2) is 4.68 Å². The average molecular weight is 450 g/mol. The molecule has 0 aliphatic carbocycles. The Morgan fingerprint density at radius 3 is 2.57 bits per heavy atom. The molecule has 1 amide bonds. The number of aromatic nitrogens is 2. The molecular weight excluding hydrogens is 430 g/mol. The van der Waals surface area contributed by atoms with Crippen molar-refractivity contribution in [1.82, 2.24) is 14.7 Å². The van der Waals surface area contributed by atoms with Crippen LogP contribution in [0.2, 0.25) is 5.02 Å². The smallest absolute Gasteiger partial charge is 0.236 e. The molecule has 0 N–H and O–H groups in total. The summed E-state index contributed by atoms with van der Waals surface area (Å²) in [5.41, 5.74) is 1.98. The summed E-state index contributed by atoms with van der Waals surface area (Å²) < 4.78 is 3.12. The van der Waals surface area contributed by atoms with E-state index in [0.29, 0.717) is 22.1 Å². The molecule has 1 unspecified atom stereocenters. The molecule has 0 fully saturated rings. The zero-order chi connectivity index (χ0) is 20.1. The van der Waals surface area contributed by atoms with Crippen LogP contribution >= 0.6 is 46.9 Å². The molecular formula is C20H20ClN3OS3. The first kappa shape index (κ1) is 21.0. The van der Waals surface area contributed by atoms with Gasteiger partial charge < -0.3 is 4.90 Å². The van der Waals surface area contributed by atoms with E-state index in [-0.39, 0.29) is 11.2 Å². The van der Waals surface area contributed by atoms with E-state index in [2.05, 4.69) is 5.10 Å². The summed E-state index contributed by atoms with van der Waals surface area (Å²) in [5.74, 6) is 0.0931. The van der Waals surface area contributed by atoms with Crippen molar-refractivity contribution in [3.63, 3.8) is 0 Å². The molecule has 0 saturated heterocycles. The van der Waals surface area contributed by atoms with Gasteiger partial charge >= 0.3 is 0 Å². The summed E-state index contributed by atoms with van der Waals surface area (Å²) in [7, 11) is 0. The molecule has 1 atom stereocenters. The van der Waals surface area contributed by atoms with Gasteiger partial charge in [0.1, 0.15) is 0 Å². The fourth-order valence-electron chi connectivity index (χ4n) is 2.66. The normalized spacial score (nSPS) is 12.0. The van der Waals surface area contributed by atoms with Gasteiger partial charge in [-0.15, -0.1) is 5.10 Å². The van der Waals surface area contributed by atoms with E-state index in [4.69, 9.17) is 23.8 Å². The Hall–Kier alpha value is -1.67. The number of hydrogen-bond donors (Lipinski definition) is 0. The van der Waals surface area contributed by atoms with Crippen LogP contribution in [0.25, 0.3) is 5.69 Å². The van der Waals surface area contributed by atoms with Crippen molar-refractivity contribution in [1.29, 1.82) is 0 Å². The highest BCUT2D eigenvalue weighted by Gasteiger charge is 2.22. The predicted octanol–water partition coefficient (Wildman–Crippen LogP) is 5.85. The summed E-state index contributed by atoms with van der Waals surface area (Å²) in [6.07, 6.45) is 0. The summed E-state index contributed by atoms with van der Waals surface area (Å²) in [6.45, 7) is 5.18. The maximum Gasteiger partial charge on any atom is 0.236 e. The number of benzene rings is 2. The van der Waals surface area contributed by atoms with E-state index in [1.54, 1.807) is 16.8 Å². The van der Waals surface area contributed by atoms with Crippen molar-refractivity contribution in [3.05, 3.63) is 69.1 Å². The van der Waals surface area contributed by atoms with E-state index in [0.717, 1.165) is 15.6 Å². The van der Waals surface area contributed by atoms with E-state index < -0.39 is 0 Å². The van der Waals surface area contributed by atoms with Crippen molar-refractivity contribution in [2.24, 2.45) is 0 Å². The van der Waals surface area contributed by atoms with Gasteiger partial charge in [0.15, 0.2) is 8.29 Å². The highest BCUT2D eigenvalue weighted by Crippen LogP contribution is 2.29. The third-order valence-electron chi connectivity index (χ3n) is 4.14. The van der Waals surface area contributed by atoms with E-state index in [1.807, 2.05) is 61.2 Å². The molecule has 0 aliphatic heterocycles. The largest absolute Gasteiger partial charge is 0.338 e. The molecule has 3 rings (SSSR count). The summed E-state index contributed by atoms with van der Waals surface area (Å²) in [6, 6.07) is 17.4. The van der Waals surface area contributed by atoms with Crippen LogP contribution in [0.15, 0.2) is 58.9 Å². The minimum absolute atomic E-state index is 0.0931. The number of amides is 1. The zero-order valence-electron chi connectivity index (χ0n) is 15.5. The molecule has 0 saturated carbocycles. The molecule has 0 spiro atoms. The lowest BCUT2D eigenvalue weighted by Crippen LogP contribution is -2.35. The van der Waals surface area contributed by atoms with Gasteiger partial charge in [0, 0.05) is 18.1 Å². The third kappa shape index (κ3) is 5.23. The van der Waals surface area contributed by atoms with Crippen LogP contribution in [0.3, 0.4) is 0 Å². The van der Waals surface area contributed by atoms with Crippen LogP contribution in [0, 0.1) is 3.95 Å². The Balaban J connectivity index is 1.70. The topological polar surface area (TPSA) is 38.1 Å². The van der Waals surface area contributed by atoms with Crippen LogP contribution in [-0.2, 0) is 11.3 Å². The first-order valence-corrected chi connectivity index (χ1v) is 11.3. The lowest BCUT2D eigenvalue weighted by atomic mass is 10.2. The van der Waals surface area contributed by atoms with Gasteiger partial charge in [0.05, 0.1) is 10.9 Å². The number of carbonyl (C=O) groups excluding carboxylic acids is 1. The van der Waals surface area contributed by atoms with Crippen LogP contribution in [0.5, 0.6) is 0 Å². The van der Waals surface area contributed by atoms with Crippen molar-refractivity contribution < 1.29 is 4.79 Å². The zero-order valence-corrected chi connectivity index (χ0v) is 18.7. The molecule has 0 aliphatic rings. The fraction of sp³-hybridized carbons (Fsp3) is 0.250. The number of nitrogens with zero attached hydrogens (tertiary/aromatic N) is 3. The molecule has 28 heavy (non-hydrogen) atoms. The van der Waals surface area contributed by atoms with Crippen molar-refractivity contribution in [2.75, 3.05) is 6.54 Å². The third-order valence-corrected chi connectivity index (χ3v) is 6.79. The number of thioether (sulfide) groups is 1. The minimum Gasteiger partial charge on any atom is -0.338 e. The van der Waals surface area contributed by atoms with Crippen molar-refractivity contribution in [2.45, 2.75) is 30.0 Å². The maximum absolute atomic E-state index is 12.9. The standard InChI is InChI=1S/C20H20ClN3OS3/c1-3-23(13-15-7-5-4-6-8-15)18(25)14(2)27-19-22-24(20(26)28-19)17-11-9-16(21)10-12-17/h4-12,14H,3,13H2,1-2H3. The van der Waals surface area contributed by atoms with Crippen LogP contribution in [-0.4, -0.2) is 32.4 Å². The molecule has 146 valence electrons. The number of carbonyl (C=O) groups is 1. The second-order valence-corrected chi connectivity index (χ2v) is 9.77. The molecule has 3 aromatic rings. The molecule has 0 radical (unpaired) electrons. The Morgan fingerprint density at radius 2 is 1.93 bits per heavy atom. The first-order chi connectivity index (χ1) is 13.5. The minimum atomic E-state index is -0.247. The highest BCUT2D eigenvalue weighted by atomic mass is 35.5. The molecule has 1 aromatic heterocycles. The van der Waals surface area contributed by atoms with Gasteiger partial charge in [0.25, 0.3) is 0 Å². The number of rotatable bonds is 7. The van der Waals surface area contributed by atoms with Crippen LogP contribution < -0.4 is 0 Å². The Bertz CT molecular complexity index is 986. The molecule has 8 heteroatoms. The van der Waals surface area contributed by atoms with Gasteiger partial charge in [-0.3, -0.25) is 4.79 Å². The lowest BCUT2D eigenvalue weighted by molar-refractivity contribution is -0.130. The van der Waals surface area contributed by atoms with E-state index in [9.17, 15) is 4.79 Å². The monoisotopic (exact) mass is 449 g/mol. The molecule has 4 nitrogen and oxygen atoms in total. The van der Waals surface area contributed by atoms with E-state index in [1.165, 1.54) is 23.1 Å². The first-order valence-electron chi connectivity index (χ1n) is 8.83. The van der Waals surface area contributed by atoms with Gasteiger partial charge in [-0.2, -0.15) is 0 Å². The fourth-order valence-corrected chi connectivity index (χ4v) is 5.38. The Labute approximate surface area is 183 Å². The second-order valence-electron chi connectivity index (χ2n) is 6.12. The number of hydrogen-bond acceptors (Lipinski definition) is 5. The molecule has 2 aromatic carbocycles. The van der Waals surface area contributed by atoms with Crippen molar-refractivity contribution >= 4 is 52.8 Å².